The average Bonchev–Trinajstić information content (AvgIpc) is 3.58. The SMILES string of the molecule is COc1cnc(-n2cnc(C)n2)c2c1c(C(=O)C(=O)N1CCN(C(=O)c3ccccc3)CC1)cn2CO[PH](O)(O)O. The summed E-state index contributed by atoms with van der Waals surface area (Å²) in [7, 11) is -3.58. The van der Waals surface area contributed by atoms with Gasteiger partial charge < -0.3 is 0 Å². The molecule has 0 spiro atoms. The molecule has 3 aromatic heterocycles. The normalized spacial score (nSPS) is 14.4. The minimum absolute atomic E-state index is 0.0604. The van der Waals surface area contributed by atoms with Gasteiger partial charge in [0.2, 0.25) is 0 Å². The van der Waals surface area contributed by atoms with Gasteiger partial charge in [0.1, 0.15) is 0 Å². The zero-order chi connectivity index (χ0) is 29.3. The van der Waals surface area contributed by atoms with Gasteiger partial charge in [0.25, 0.3) is 0 Å². The van der Waals surface area contributed by atoms with E-state index in [-0.39, 0.29) is 60.1 Å². The molecule has 0 unspecified atom stereocenters. The second kappa shape index (κ2) is 11.3. The Kier molecular flexibility index (Phi) is 7.80. The number of benzene rings is 1. The zero-order valence-corrected chi connectivity index (χ0v) is 23.2. The van der Waals surface area contributed by atoms with Crippen molar-refractivity contribution < 1.29 is 38.3 Å². The number of hydrogen-bond acceptors (Lipinski definition) is 11. The first-order valence-corrected chi connectivity index (χ1v) is 14.3. The molecule has 1 aliphatic rings. The maximum atomic E-state index is 13.7. The number of hydrogen-bond donors (Lipinski definition) is 3. The Morgan fingerprint density at radius 2 is 1.68 bits per heavy atom. The number of carbonyl (C=O) groups excluding carboxylic acids is 3. The molecule has 4 aromatic rings. The first-order chi connectivity index (χ1) is 19.6. The van der Waals surface area contributed by atoms with Crippen molar-refractivity contribution in [1.82, 2.24) is 34.1 Å². The van der Waals surface area contributed by atoms with Gasteiger partial charge >= 0.3 is 193 Å². The molecule has 16 heteroatoms. The van der Waals surface area contributed by atoms with E-state index in [2.05, 4.69) is 15.1 Å². The van der Waals surface area contributed by atoms with Crippen LogP contribution in [0.3, 0.4) is 0 Å². The third kappa shape index (κ3) is 5.80. The molecule has 0 aliphatic carbocycles. The number of ketones is 1. The first kappa shape index (κ1) is 28.3. The number of aryl methyl sites for hydroxylation is 1. The molecule has 0 saturated carbocycles. The Morgan fingerprint density at radius 3 is 2.29 bits per heavy atom. The number of ether oxygens (including phenoxy) is 1. The predicted molar refractivity (Wildman–Crippen MR) is 145 cm³/mol. The number of Topliss-reactive ketones (excluding diaryl/α,β-unsaturated/α-hetero) is 1. The number of nitrogens with zero attached hydrogens (tertiary/aromatic N) is 7. The van der Waals surface area contributed by atoms with Gasteiger partial charge in [-0.15, -0.1) is 0 Å². The van der Waals surface area contributed by atoms with E-state index in [1.54, 1.807) is 36.1 Å². The second-order valence-electron chi connectivity index (χ2n) is 9.25. The van der Waals surface area contributed by atoms with Crippen LogP contribution in [0.2, 0.25) is 0 Å². The van der Waals surface area contributed by atoms with Crippen LogP contribution in [0.15, 0.2) is 49.1 Å². The summed E-state index contributed by atoms with van der Waals surface area (Å²) in [6.45, 7) is 1.89. The molecule has 3 N–H and O–H groups in total. The summed E-state index contributed by atoms with van der Waals surface area (Å²) in [5.41, 5.74) is 0.690. The van der Waals surface area contributed by atoms with Crippen molar-refractivity contribution in [3.8, 4) is 11.6 Å². The third-order valence-corrected chi connectivity index (χ3v) is 7.11. The van der Waals surface area contributed by atoms with Crippen LogP contribution in [0.4, 0.5) is 0 Å². The third-order valence-electron chi connectivity index (χ3n) is 6.59. The van der Waals surface area contributed by atoms with Crippen molar-refractivity contribution in [1.29, 1.82) is 0 Å². The fourth-order valence-corrected chi connectivity index (χ4v) is 4.94. The molecule has 5 rings (SSSR count). The Morgan fingerprint density at radius 1 is 1.00 bits per heavy atom. The molecule has 1 aromatic carbocycles. The number of fused-ring (bicyclic) bond motifs is 1. The fraction of sp³-hybridized carbons (Fsp3) is 0.280. The number of methoxy groups -OCH3 is 1. The van der Waals surface area contributed by atoms with Crippen LogP contribution in [-0.2, 0) is 16.0 Å². The molecule has 41 heavy (non-hydrogen) atoms. The number of rotatable bonds is 8. The van der Waals surface area contributed by atoms with E-state index in [0.29, 0.717) is 11.4 Å². The monoisotopic (exact) mass is 585 g/mol. The van der Waals surface area contributed by atoms with Gasteiger partial charge in [-0.2, -0.15) is 0 Å². The molecule has 4 heterocycles. The van der Waals surface area contributed by atoms with Crippen molar-refractivity contribution in [2.24, 2.45) is 0 Å². The Labute approximate surface area is 233 Å². The van der Waals surface area contributed by atoms with Gasteiger partial charge in [0, 0.05) is 5.56 Å². The van der Waals surface area contributed by atoms with Gasteiger partial charge in [0.15, 0.2) is 0 Å². The van der Waals surface area contributed by atoms with E-state index < -0.39 is 26.6 Å². The number of pyridine rings is 1. The molecular formula is C25H28N7O8P. The Bertz CT molecular complexity index is 1610. The number of aromatic nitrogens is 5. The van der Waals surface area contributed by atoms with Gasteiger partial charge in [-0.25, -0.2) is 0 Å². The number of piperazine rings is 1. The summed E-state index contributed by atoms with van der Waals surface area (Å²) >= 11 is 0. The van der Waals surface area contributed by atoms with Crippen LogP contribution >= 0.6 is 8.17 Å². The molecule has 1 saturated heterocycles. The summed E-state index contributed by atoms with van der Waals surface area (Å²) in [5, 5.41) is 4.46. The van der Waals surface area contributed by atoms with E-state index in [4.69, 9.17) is 9.26 Å². The van der Waals surface area contributed by atoms with E-state index in [0.717, 1.165) is 0 Å². The first-order valence-electron chi connectivity index (χ1n) is 12.5. The van der Waals surface area contributed by atoms with Crippen molar-refractivity contribution in [2.45, 2.75) is 13.7 Å². The van der Waals surface area contributed by atoms with E-state index >= 15 is 0 Å². The molecule has 1 aliphatic heterocycles. The molecular weight excluding hydrogens is 557 g/mol. The number of amides is 2. The molecule has 0 bridgehead atoms. The Balaban J connectivity index is 1.47. The second-order valence-corrected chi connectivity index (χ2v) is 10.7. The van der Waals surface area contributed by atoms with Crippen molar-refractivity contribution in [2.75, 3.05) is 33.3 Å². The minimum atomic E-state index is -4.95. The zero-order valence-electron chi connectivity index (χ0n) is 22.2. The molecule has 1 fully saturated rings. The van der Waals surface area contributed by atoms with Crippen LogP contribution in [0, 0.1) is 6.92 Å². The van der Waals surface area contributed by atoms with E-state index in [1.165, 1.54) is 40.0 Å². The van der Waals surface area contributed by atoms with E-state index in [1.807, 2.05) is 6.07 Å². The Hall–Kier alpha value is -4.27. The summed E-state index contributed by atoms with van der Waals surface area (Å²) in [4.78, 5) is 79.6. The van der Waals surface area contributed by atoms with Crippen molar-refractivity contribution >= 4 is 36.7 Å². The van der Waals surface area contributed by atoms with E-state index in [9.17, 15) is 29.1 Å². The van der Waals surface area contributed by atoms with Crippen molar-refractivity contribution in [3.05, 3.63) is 66.0 Å². The van der Waals surface area contributed by atoms with Gasteiger partial charge in [-0.3, -0.25) is 4.79 Å². The van der Waals surface area contributed by atoms with Crippen LogP contribution < -0.4 is 4.74 Å². The van der Waals surface area contributed by atoms with Gasteiger partial charge in [0.05, 0.1) is 0 Å². The number of carbonyl (C=O) groups is 3. The maximum absolute atomic E-state index is 13.7. The summed E-state index contributed by atoms with van der Waals surface area (Å²) < 4.78 is 12.9. The van der Waals surface area contributed by atoms with Crippen LogP contribution in [0.1, 0.15) is 26.5 Å². The molecule has 15 nitrogen and oxygen atoms in total. The quantitative estimate of drug-likeness (QED) is 0.148. The van der Waals surface area contributed by atoms with Crippen LogP contribution in [0.5, 0.6) is 5.75 Å². The van der Waals surface area contributed by atoms with Crippen LogP contribution in [0.25, 0.3) is 16.7 Å². The molecule has 216 valence electrons. The predicted octanol–water partition coefficient (Wildman–Crippen LogP) is 0.462. The topological polar surface area (TPSA) is 185 Å². The summed E-state index contributed by atoms with van der Waals surface area (Å²) in [5.74, 6) is -1.02. The van der Waals surface area contributed by atoms with Gasteiger partial charge in [-0.1, -0.05) is 18.2 Å². The van der Waals surface area contributed by atoms with Crippen LogP contribution in [-0.4, -0.2) is 99.7 Å². The molecule has 0 radical (unpaired) electrons. The molecule has 2 amide bonds. The standard InChI is InChI=1S/C25H28N7O8P/c1-16-27-14-32(28-16)23-21-20(19(39-2)12-26-23)18(13-31(21)15-40-41(36,37)38)22(33)25(35)30-10-8-29(9-11-30)24(34)17-6-4-3-5-7-17/h3-7,12-14,36-38,41H,8-11,15H2,1-2H3. The molecule has 0 atom stereocenters. The summed E-state index contributed by atoms with van der Waals surface area (Å²) in [6, 6.07) is 8.80. The van der Waals surface area contributed by atoms with Gasteiger partial charge in [-0.05, 0) is 12.1 Å². The fourth-order valence-electron chi connectivity index (χ4n) is 4.63. The summed E-state index contributed by atoms with van der Waals surface area (Å²) in [6.07, 6.45) is 4.05. The average molecular weight is 586 g/mol. The van der Waals surface area contributed by atoms with Crippen molar-refractivity contribution in [3.63, 3.8) is 0 Å².